The van der Waals surface area contributed by atoms with Crippen molar-refractivity contribution in [2.45, 2.75) is 53.4 Å². The number of allylic oxidation sites excluding steroid dienone is 4. The zero-order chi connectivity index (χ0) is 12.1. The van der Waals surface area contributed by atoms with E-state index in [1.807, 2.05) is 6.92 Å². The van der Waals surface area contributed by atoms with Crippen LogP contribution < -0.4 is 0 Å². The molecule has 0 radical (unpaired) electrons. The van der Waals surface area contributed by atoms with E-state index in [-0.39, 0.29) is 0 Å². The van der Waals surface area contributed by atoms with Crippen molar-refractivity contribution in [1.29, 1.82) is 0 Å². The third-order valence-corrected chi connectivity index (χ3v) is 3.59. The summed E-state index contributed by atoms with van der Waals surface area (Å²) in [4.78, 5) is 11.6. The molecular formula is C15H24O. The monoisotopic (exact) mass is 220 g/mol. The number of carbonyl (C=O) groups excluding carboxylic acids is 1. The average molecular weight is 220 g/mol. The molecule has 0 bridgehead atoms. The first kappa shape index (κ1) is 13.2. The zero-order valence-corrected chi connectivity index (χ0v) is 11.0. The molecule has 0 spiro atoms. The van der Waals surface area contributed by atoms with E-state index in [1.165, 1.54) is 12.0 Å². The fourth-order valence-corrected chi connectivity index (χ4v) is 2.23. The van der Waals surface area contributed by atoms with Crippen molar-refractivity contribution in [2.75, 3.05) is 0 Å². The largest absolute Gasteiger partial charge is 0.295 e. The molecule has 0 aromatic heterocycles. The van der Waals surface area contributed by atoms with Crippen molar-refractivity contribution in [2.24, 2.45) is 11.8 Å². The van der Waals surface area contributed by atoms with Gasteiger partial charge in [-0.05, 0) is 57.4 Å². The molecule has 0 aliphatic heterocycles. The number of Topliss-reactive ketones (excluding diaryl/α,β-unsaturated/α-hetero) is 1. The van der Waals surface area contributed by atoms with Crippen LogP contribution in [-0.4, -0.2) is 5.78 Å². The first-order valence-corrected chi connectivity index (χ1v) is 6.34. The van der Waals surface area contributed by atoms with Gasteiger partial charge in [0.15, 0.2) is 5.78 Å². The second kappa shape index (κ2) is 6.03. The van der Waals surface area contributed by atoms with Crippen LogP contribution in [0.3, 0.4) is 0 Å². The van der Waals surface area contributed by atoms with E-state index in [9.17, 15) is 4.79 Å². The molecule has 2 atom stereocenters. The van der Waals surface area contributed by atoms with Crippen molar-refractivity contribution in [3.63, 3.8) is 0 Å². The maximum absolute atomic E-state index is 11.6. The van der Waals surface area contributed by atoms with Crippen molar-refractivity contribution in [1.82, 2.24) is 0 Å². The Morgan fingerprint density at radius 3 is 2.81 bits per heavy atom. The van der Waals surface area contributed by atoms with Crippen LogP contribution in [0.4, 0.5) is 0 Å². The van der Waals surface area contributed by atoms with Gasteiger partial charge in [0.05, 0.1) is 0 Å². The van der Waals surface area contributed by atoms with Gasteiger partial charge < -0.3 is 0 Å². The van der Waals surface area contributed by atoms with Crippen molar-refractivity contribution in [3.8, 4) is 0 Å². The van der Waals surface area contributed by atoms with E-state index >= 15 is 0 Å². The Morgan fingerprint density at radius 2 is 2.25 bits per heavy atom. The molecule has 0 saturated heterocycles. The number of rotatable bonds is 4. The number of hydrogen-bond acceptors (Lipinski definition) is 1. The normalized spacial score (nSPS) is 22.6. The minimum atomic E-state index is 0.352. The standard InChI is InChI=1S/C15H24O/c1-11(2)6-5-7-12(3)14-9-8-13(4)15(16)10-14/h6,8,12,14H,5,7,9-10H2,1-4H3. The van der Waals surface area contributed by atoms with Crippen LogP contribution in [0, 0.1) is 11.8 Å². The number of hydrogen-bond donors (Lipinski definition) is 0. The Balaban J connectivity index is 2.41. The van der Waals surface area contributed by atoms with Gasteiger partial charge in [-0.3, -0.25) is 4.79 Å². The van der Waals surface area contributed by atoms with Crippen LogP contribution in [0.1, 0.15) is 53.4 Å². The highest BCUT2D eigenvalue weighted by molar-refractivity contribution is 5.95. The second-order valence-electron chi connectivity index (χ2n) is 5.35. The Kier molecular flexibility index (Phi) is 4.98. The maximum atomic E-state index is 11.6. The summed E-state index contributed by atoms with van der Waals surface area (Å²) in [6.45, 7) is 8.50. The van der Waals surface area contributed by atoms with Crippen LogP contribution in [0.5, 0.6) is 0 Å². The van der Waals surface area contributed by atoms with Crippen molar-refractivity contribution in [3.05, 3.63) is 23.3 Å². The lowest BCUT2D eigenvalue weighted by Gasteiger charge is -2.25. The van der Waals surface area contributed by atoms with Gasteiger partial charge in [0.25, 0.3) is 0 Å². The molecule has 90 valence electrons. The minimum Gasteiger partial charge on any atom is -0.295 e. The highest BCUT2D eigenvalue weighted by Crippen LogP contribution is 2.29. The quantitative estimate of drug-likeness (QED) is 0.646. The van der Waals surface area contributed by atoms with Gasteiger partial charge in [-0.15, -0.1) is 0 Å². The highest BCUT2D eigenvalue weighted by Gasteiger charge is 2.23. The fraction of sp³-hybridized carbons (Fsp3) is 0.667. The molecule has 0 aromatic carbocycles. The van der Waals surface area contributed by atoms with E-state index < -0.39 is 0 Å². The Hall–Kier alpha value is -0.850. The first-order valence-electron chi connectivity index (χ1n) is 6.34. The maximum Gasteiger partial charge on any atom is 0.158 e. The van der Waals surface area contributed by atoms with Gasteiger partial charge in [-0.1, -0.05) is 24.6 Å². The van der Waals surface area contributed by atoms with Crippen molar-refractivity contribution >= 4 is 5.78 Å². The van der Waals surface area contributed by atoms with Gasteiger partial charge in [0.2, 0.25) is 0 Å². The van der Waals surface area contributed by atoms with Gasteiger partial charge >= 0.3 is 0 Å². The second-order valence-corrected chi connectivity index (χ2v) is 5.35. The smallest absolute Gasteiger partial charge is 0.158 e. The Labute approximate surface area is 99.6 Å². The van der Waals surface area contributed by atoms with Gasteiger partial charge in [0, 0.05) is 6.42 Å². The predicted molar refractivity (Wildman–Crippen MR) is 69.3 cm³/mol. The summed E-state index contributed by atoms with van der Waals surface area (Å²) in [5.74, 6) is 1.58. The molecule has 2 unspecified atom stereocenters. The minimum absolute atomic E-state index is 0.352. The van der Waals surface area contributed by atoms with Gasteiger partial charge in [-0.2, -0.15) is 0 Å². The SMILES string of the molecule is CC(C)=CCCC(C)C1CC=C(C)C(=O)C1. The summed E-state index contributed by atoms with van der Waals surface area (Å²) in [5, 5.41) is 0. The Bertz CT molecular complexity index is 305. The topological polar surface area (TPSA) is 17.1 Å². The summed E-state index contributed by atoms with van der Waals surface area (Å²) in [6.07, 6.45) is 8.62. The average Bonchev–Trinajstić information content (AvgIpc) is 2.21. The lowest BCUT2D eigenvalue weighted by molar-refractivity contribution is -0.117. The zero-order valence-electron chi connectivity index (χ0n) is 11.0. The summed E-state index contributed by atoms with van der Waals surface area (Å²) in [5.41, 5.74) is 2.36. The van der Waals surface area contributed by atoms with Crippen LogP contribution in [0.15, 0.2) is 23.3 Å². The Morgan fingerprint density at radius 1 is 1.56 bits per heavy atom. The van der Waals surface area contributed by atoms with E-state index in [0.29, 0.717) is 17.6 Å². The molecule has 1 nitrogen and oxygen atoms in total. The van der Waals surface area contributed by atoms with Crippen LogP contribution >= 0.6 is 0 Å². The molecule has 1 rings (SSSR count). The van der Waals surface area contributed by atoms with Crippen LogP contribution in [0.25, 0.3) is 0 Å². The highest BCUT2D eigenvalue weighted by atomic mass is 16.1. The molecule has 0 heterocycles. The first-order chi connectivity index (χ1) is 7.50. The van der Waals surface area contributed by atoms with Gasteiger partial charge in [0.1, 0.15) is 0 Å². The van der Waals surface area contributed by atoms with E-state index in [1.54, 1.807) is 0 Å². The molecule has 0 amide bonds. The number of carbonyl (C=O) groups is 1. The molecule has 0 saturated carbocycles. The third-order valence-electron chi connectivity index (χ3n) is 3.59. The van der Waals surface area contributed by atoms with E-state index in [4.69, 9.17) is 0 Å². The van der Waals surface area contributed by atoms with Gasteiger partial charge in [-0.25, -0.2) is 0 Å². The molecule has 0 N–H and O–H groups in total. The van der Waals surface area contributed by atoms with Crippen LogP contribution in [-0.2, 0) is 4.79 Å². The van der Waals surface area contributed by atoms with Crippen LogP contribution in [0.2, 0.25) is 0 Å². The molecule has 1 aliphatic carbocycles. The summed E-state index contributed by atoms with van der Waals surface area (Å²) in [7, 11) is 0. The fourth-order valence-electron chi connectivity index (χ4n) is 2.23. The van der Waals surface area contributed by atoms with E-state index in [0.717, 1.165) is 24.8 Å². The molecule has 0 aromatic rings. The summed E-state index contributed by atoms with van der Waals surface area (Å²) in [6, 6.07) is 0. The molecule has 1 heteroatoms. The van der Waals surface area contributed by atoms with E-state index in [2.05, 4.69) is 32.9 Å². The summed E-state index contributed by atoms with van der Waals surface area (Å²) >= 11 is 0. The lowest BCUT2D eigenvalue weighted by atomic mass is 9.79. The van der Waals surface area contributed by atoms with Crippen molar-refractivity contribution < 1.29 is 4.79 Å². The number of ketones is 1. The summed E-state index contributed by atoms with van der Waals surface area (Å²) < 4.78 is 0. The predicted octanol–water partition coefficient (Wildman–Crippen LogP) is 4.29. The third kappa shape index (κ3) is 3.96. The molecular weight excluding hydrogens is 196 g/mol. The lowest BCUT2D eigenvalue weighted by Crippen LogP contribution is -2.20. The molecule has 16 heavy (non-hydrogen) atoms. The molecule has 0 fully saturated rings. The molecule has 1 aliphatic rings.